The van der Waals surface area contributed by atoms with E-state index < -0.39 is 10.1 Å². The minimum Gasteiger partial charge on any atom is -0.281 e. The molecule has 0 atom stereocenters. The summed E-state index contributed by atoms with van der Waals surface area (Å²) in [4.78, 5) is 3.56. The molecule has 0 fully saturated rings. The molecule has 72 valence electrons. The predicted molar refractivity (Wildman–Crippen MR) is 48.1 cm³/mol. The standard InChI is InChI=1S/C8H11NO3S/c1-6(2)7-3-4-9-8(5-7)13(10,11)12/h3-6H,1-2H3,(H,10,11,12). The highest BCUT2D eigenvalue weighted by Gasteiger charge is 2.12. The lowest BCUT2D eigenvalue weighted by atomic mass is 10.1. The zero-order chi connectivity index (χ0) is 10.1. The summed E-state index contributed by atoms with van der Waals surface area (Å²) in [5, 5.41) is -0.293. The summed E-state index contributed by atoms with van der Waals surface area (Å²) in [5.74, 6) is 0.212. The van der Waals surface area contributed by atoms with Gasteiger partial charge in [0.1, 0.15) is 0 Å². The molecular weight excluding hydrogens is 190 g/mol. The molecule has 0 spiro atoms. The minimum atomic E-state index is -4.17. The lowest BCUT2D eigenvalue weighted by Gasteiger charge is -2.04. The van der Waals surface area contributed by atoms with Crippen molar-refractivity contribution < 1.29 is 13.0 Å². The van der Waals surface area contributed by atoms with Crippen molar-refractivity contribution in [2.24, 2.45) is 0 Å². The summed E-state index contributed by atoms with van der Waals surface area (Å²) in [7, 11) is -4.17. The Balaban J connectivity index is 3.21. The van der Waals surface area contributed by atoms with Crippen LogP contribution in [0.15, 0.2) is 23.4 Å². The molecule has 0 aliphatic carbocycles. The Bertz CT molecular complexity index is 398. The topological polar surface area (TPSA) is 67.3 Å². The van der Waals surface area contributed by atoms with E-state index in [-0.39, 0.29) is 10.9 Å². The fourth-order valence-electron chi connectivity index (χ4n) is 0.925. The van der Waals surface area contributed by atoms with Crippen molar-refractivity contribution in [3.8, 4) is 0 Å². The van der Waals surface area contributed by atoms with E-state index in [9.17, 15) is 8.42 Å². The molecule has 0 unspecified atom stereocenters. The van der Waals surface area contributed by atoms with Crippen LogP contribution in [-0.4, -0.2) is 18.0 Å². The zero-order valence-corrected chi connectivity index (χ0v) is 8.25. The van der Waals surface area contributed by atoms with E-state index in [4.69, 9.17) is 4.55 Å². The van der Waals surface area contributed by atoms with Crippen LogP contribution in [0.1, 0.15) is 25.3 Å². The van der Waals surface area contributed by atoms with Gasteiger partial charge in [-0.2, -0.15) is 8.42 Å². The second kappa shape index (κ2) is 3.43. The van der Waals surface area contributed by atoms with Gasteiger partial charge in [0.2, 0.25) is 0 Å². The number of aromatic nitrogens is 1. The molecule has 0 amide bonds. The van der Waals surface area contributed by atoms with Crippen molar-refractivity contribution in [3.05, 3.63) is 23.9 Å². The van der Waals surface area contributed by atoms with Gasteiger partial charge in [-0.15, -0.1) is 0 Å². The quantitative estimate of drug-likeness (QED) is 0.735. The van der Waals surface area contributed by atoms with Crippen LogP contribution in [0, 0.1) is 0 Å². The first-order valence-corrected chi connectivity index (χ1v) is 5.28. The molecule has 13 heavy (non-hydrogen) atoms. The van der Waals surface area contributed by atoms with Crippen molar-refractivity contribution in [1.82, 2.24) is 4.98 Å². The Morgan fingerprint density at radius 3 is 2.54 bits per heavy atom. The van der Waals surface area contributed by atoms with E-state index in [1.165, 1.54) is 12.3 Å². The average molecular weight is 201 g/mol. The lowest BCUT2D eigenvalue weighted by Crippen LogP contribution is -2.02. The molecule has 0 radical (unpaired) electrons. The first kappa shape index (κ1) is 10.1. The van der Waals surface area contributed by atoms with Gasteiger partial charge < -0.3 is 0 Å². The van der Waals surface area contributed by atoms with Crippen LogP contribution in [0.3, 0.4) is 0 Å². The number of nitrogens with zero attached hydrogens (tertiary/aromatic N) is 1. The summed E-state index contributed by atoms with van der Waals surface area (Å²) in [6.45, 7) is 3.87. The first-order chi connectivity index (χ1) is 5.91. The van der Waals surface area contributed by atoms with E-state index in [2.05, 4.69) is 4.98 Å². The third-order valence-corrected chi connectivity index (χ3v) is 2.44. The predicted octanol–water partition coefficient (Wildman–Crippen LogP) is 1.45. The Hall–Kier alpha value is -0.940. The van der Waals surface area contributed by atoms with E-state index >= 15 is 0 Å². The Morgan fingerprint density at radius 2 is 2.08 bits per heavy atom. The molecular formula is C8H11NO3S. The Labute approximate surface area is 77.4 Å². The third-order valence-electron chi connectivity index (χ3n) is 1.69. The molecule has 1 aromatic rings. The molecule has 0 bridgehead atoms. The molecule has 0 aliphatic rings. The second-order valence-corrected chi connectivity index (χ2v) is 4.43. The van der Waals surface area contributed by atoms with Crippen molar-refractivity contribution in [2.75, 3.05) is 0 Å². The van der Waals surface area contributed by atoms with Crippen LogP contribution in [0.4, 0.5) is 0 Å². The summed E-state index contributed by atoms with van der Waals surface area (Å²) in [6.07, 6.45) is 1.37. The molecule has 0 aromatic carbocycles. The minimum absolute atomic E-state index is 0.212. The smallest absolute Gasteiger partial charge is 0.281 e. The van der Waals surface area contributed by atoms with Crippen LogP contribution in [0.2, 0.25) is 0 Å². The number of hydrogen-bond donors (Lipinski definition) is 1. The molecule has 0 saturated heterocycles. The summed E-state index contributed by atoms with van der Waals surface area (Å²) < 4.78 is 30.1. The monoisotopic (exact) mass is 201 g/mol. The third kappa shape index (κ3) is 2.50. The first-order valence-electron chi connectivity index (χ1n) is 3.84. The second-order valence-electron chi connectivity index (χ2n) is 3.06. The number of rotatable bonds is 2. The largest absolute Gasteiger partial charge is 0.312 e. The maximum atomic E-state index is 10.7. The highest BCUT2D eigenvalue weighted by Crippen LogP contribution is 2.15. The highest BCUT2D eigenvalue weighted by molar-refractivity contribution is 7.85. The van der Waals surface area contributed by atoms with Gasteiger partial charge in [0.25, 0.3) is 0 Å². The van der Waals surface area contributed by atoms with Crippen LogP contribution in [-0.2, 0) is 10.1 Å². The summed E-state index contributed by atoms with van der Waals surface area (Å²) in [5.41, 5.74) is 0.836. The normalized spacial score (nSPS) is 12.0. The zero-order valence-electron chi connectivity index (χ0n) is 7.43. The SMILES string of the molecule is CC(C)c1ccnc(S(=O)(=O)O)c1. The maximum Gasteiger partial charge on any atom is 0.312 e. The van der Waals surface area contributed by atoms with Crippen molar-refractivity contribution in [2.45, 2.75) is 24.8 Å². The Kier molecular flexibility index (Phi) is 2.68. The summed E-state index contributed by atoms with van der Waals surface area (Å²) in [6, 6.07) is 3.10. The van der Waals surface area contributed by atoms with E-state index in [1.54, 1.807) is 6.07 Å². The molecule has 5 heteroatoms. The fourth-order valence-corrected chi connectivity index (χ4v) is 1.40. The van der Waals surface area contributed by atoms with Crippen molar-refractivity contribution in [1.29, 1.82) is 0 Å². The molecule has 0 aliphatic heterocycles. The molecule has 1 rings (SSSR count). The van der Waals surface area contributed by atoms with Gasteiger partial charge in [0.05, 0.1) is 0 Å². The van der Waals surface area contributed by atoms with Crippen molar-refractivity contribution in [3.63, 3.8) is 0 Å². The van der Waals surface area contributed by atoms with Gasteiger partial charge in [-0.1, -0.05) is 13.8 Å². The molecule has 1 heterocycles. The van der Waals surface area contributed by atoms with Crippen LogP contribution >= 0.6 is 0 Å². The summed E-state index contributed by atoms with van der Waals surface area (Å²) >= 11 is 0. The Morgan fingerprint density at radius 1 is 1.46 bits per heavy atom. The highest BCUT2D eigenvalue weighted by atomic mass is 32.2. The van der Waals surface area contributed by atoms with Gasteiger partial charge in [0.15, 0.2) is 5.03 Å². The maximum absolute atomic E-state index is 10.7. The van der Waals surface area contributed by atoms with Crippen LogP contribution < -0.4 is 0 Å². The van der Waals surface area contributed by atoms with Gasteiger partial charge >= 0.3 is 10.1 Å². The van der Waals surface area contributed by atoms with E-state index in [0.717, 1.165) is 5.56 Å². The fraction of sp³-hybridized carbons (Fsp3) is 0.375. The van der Waals surface area contributed by atoms with E-state index in [1.807, 2.05) is 13.8 Å². The van der Waals surface area contributed by atoms with Gasteiger partial charge in [-0.25, -0.2) is 4.98 Å². The lowest BCUT2D eigenvalue weighted by molar-refractivity contribution is 0.479. The average Bonchev–Trinajstić information content (AvgIpc) is 2.03. The molecule has 1 N–H and O–H groups in total. The number of hydrogen-bond acceptors (Lipinski definition) is 3. The van der Waals surface area contributed by atoms with Gasteiger partial charge in [0, 0.05) is 6.20 Å². The molecule has 4 nitrogen and oxygen atoms in total. The van der Waals surface area contributed by atoms with E-state index in [0.29, 0.717) is 0 Å². The van der Waals surface area contributed by atoms with Gasteiger partial charge in [-0.3, -0.25) is 4.55 Å². The van der Waals surface area contributed by atoms with Crippen LogP contribution in [0.25, 0.3) is 0 Å². The molecule has 0 saturated carbocycles. The van der Waals surface area contributed by atoms with Crippen LogP contribution in [0.5, 0.6) is 0 Å². The number of pyridine rings is 1. The van der Waals surface area contributed by atoms with Crippen molar-refractivity contribution >= 4 is 10.1 Å². The molecule has 1 aromatic heterocycles. The van der Waals surface area contributed by atoms with Gasteiger partial charge in [-0.05, 0) is 23.6 Å².